The Morgan fingerprint density at radius 2 is 2.24 bits per heavy atom. The van der Waals surface area contributed by atoms with Crippen LogP contribution in [0.4, 0.5) is 5.13 Å². The standard InChI is InChI=1S/C16H15N7O6S3.Na/c1-5-20-21-16(29-5)32-3-6-2-30-13-9(12(25)23(13)10(6)14(26)27)19-11(24)8(22-28)7-4-31-15(17)18-7;/h4,9,13,28H,2-3H2,1H3,(H2,17,18)(H,19,24)(H,26,27);/q;+1/p-1/b22-8+;. The molecule has 2 amide bonds. The molecule has 2 aromatic rings. The van der Waals surface area contributed by atoms with Gasteiger partial charge in [-0.05, 0) is 5.57 Å². The third kappa shape index (κ3) is 5.04. The van der Waals surface area contributed by atoms with Crippen LogP contribution >= 0.6 is 34.9 Å². The molecule has 2 aliphatic heterocycles. The number of fused-ring (bicyclic) bond motifs is 1. The van der Waals surface area contributed by atoms with E-state index >= 15 is 0 Å². The van der Waals surface area contributed by atoms with Crippen molar-refractivity contribution in [3.63, 3.8) is 0 Å². The second kappa shape index (κ2) is 10.4. The van der Waals surface area contributed by atoms with Crippen molar-refractivity contribution in [1.29, 1.82) is 0 Å². The third-order valence-corrected chi connectivity index (χ3v) is 7.40. The van der Waals surface area contributed by atoms with Crippen LogP contribution < -0.4 is 45.7 Å². The van der Waals surface area contributed by atoms with Crippen molar-refractivity contribution in [2.75, 3.05) is 17.2 Å². The van der Waals surface area contributed by atoms with Gasteiger partial charge in [0.05, 0.1) is 11.7 Å². The number of nitrogens with one attached hydrogen (secondary N) is 1. The Morgan fingerprint density at radius 3 is 2.82 bits per heavy atom. The number of oxime groups is 1. The van der Waals surface area contributed by atoms with Crippen LogP contribution in [0, 0.1) is 6.92 Å². The Hall–Kier alpha value is -2.11. The van der Waals surface area contributed by atoms with E-state index in [1.807, 2.05) is 0 Å². The number of nitrogens with two attached hydrogens (primary N) is 1. The van der Waals surface area contributed by atoms with Crippen LogP contribution in [0.1, 0.15) is 11.6 Å². The molecule has 2 aromatic heterocycles. The van der Waals surface area contributed by atoms with Gasteiger partial charge in [0.1, 0.15) is 17.1 Å². The summed E-state index contributed by atoms with van der Waals surface area (Å²) in [4.78, 5) is 42.0. The summed E-state index contributed by atoms with van der Waals surface area (Å²) < 4.78 is 5.26. The molecule has 0 saturated carbocycles. The van der Waals surface area contributed by atoms with Gasteiger partial charge >= 0.3 is 29.6 Å². The number of nitrogens with zero attached hydrogens (tertiary/aromatic N) is 5. The number of anilines is 1. The van der Waals surface area contributed by atoms with E-state index in [-0.39, 0.29) is 62.8 Å². The SMILES string of the molecule is Cc1nnc(SCC2=C(C(=O)[O-])N3C(=O)C(NC(=O)/C(=N/O)c4csc(N)n4)C3SC2)o1.[Na+]. The minimum atomic E-state index is -1.50. The zero-order chi connectivity index (χ0) is 23.0. The smallest absolute Gasteiger partial charge is 0.543 e. The van der Waals surface area contributed by atoms with E-state index in [4.69, 9.17) is 10.2 Å². The van der Waals surface area contributed by atoms with Gasteiger partial charge in [-0.1, -0.05) is 16.9 Å². The van der Waals surface area contributed by atoms with Crippen molar-refractivity contribution in [3.05, 3.63) is 28.2 Å². The fourth-order valence-corrected chi connectivity index (χ4v) is 5.92. The molecule has 4 rings (SSSR count). The summed E-state index contributed by atoms with van der Waals surface area (Å²) in [5, 5.41) is 35.2. The number of carbonyl (C=O) groups excluding carboxylic acids is 3. The van der Waals surface area contributed by atoms with Crippen molar-refractivity contribution in [2.24, 2.45) is 5.16 Å². The quantitative estimate of drug-likeness (QED) is 0.0797. The number of carboxylic acids is 1. The molecule has 2 atom stereocenters. The van der Waals surface area contributed by atoms with Crippen LogP contribution in [0.2, 0.25) is 0 Å². The zero-order valence-corrected chi connectivity index (χ0v) is 21.6. The predicted molar refractivity (Wildman–Crippen MR) is 112 cm³/mol. The molecule has 0 spiro atoms. The molecule has 1 fully saturated rings. The van der Waals surface area contributed by atoms with Gasteiger partial charge in [0.15, 0.2) is 10.8 Å². The number of amides is 2. The Balaban J connectivity index is 0.00000306. The first kappa shape index (κ1) is 25.5. The minimum absolute atomic E-state index is 0. The van der Waals surface area contributed by atoms with Crippen molar-refractivity contribution in [2.45, 2.75) is 23.6 Å². The first-order valence-corrected chi connectivity index (χ1v) is 11.8. The molecule has 1 saturated heterocycles. The van der Waals surface area contributed by atoms with Crippen LogP contribution in [0.25, 0.3) is 0 Å². The summed E-state index contributed by atoms with van der Waals surface area (Å²) in [6.07, 6.45) is 0. The summed E-state index contributed by atoms with van der Waals surface area (Å²) >= 11 is 3.48. The summed E-state index contributed by atoms with van der Waals surface area (Å²) in [6, 6.07) is -1.01. The van der Waals surface area contributed by atoms with Crippen LogP contribution in [0.5, 0.6) is 0 Å². The van der Waals surface area contributed by atoms with E-state index in [9.17, 15) is 24.7 Å². The van der Waals surface area contributed by atoms with Crippen molar-refractivity contribution in [1.82, 2.24) is 25.4 Å². The predicted octanol–water partition coefficient (Wildman–Crippen LogP) is -4.20. The molecule has 2 aliphatic rings. The number of β-lactam (4-membered cyclic amide) rings is 1. The maximum Gasteiger partial charge on any atom is 1.00 e. The molecule has 17 heteroatoms. The fraction of sp³-hybridized carbons (Fsp3) is 0.312. The molecule has 0 aliphatic carbocycles. The zero-order valence-electron chi connectivity index (χ0n) is 17.2. The molecule has 13 nitrogen and oxygen atoms in total. The molecule has 4 N–H and O–H groups in total. The van der Waals surface area contributed by atoms with Crippen molar-refractivity contribution >= 4 is 63.5 Å². The molecule has 2 unspecified atom stereocenters. The number of nitrogen functional groups attached to an aromatic ring is 1. The number of aromatic nitrogens is 3. The Kier molecular flexibility index (Phi) is 8.07. The number of carboxylic acid groups (broad SMARTS) is 1. The van der Waals surface area contributed by atoms with Crippen molar-refractivity contribution < 1.29 is 58.7 Å². The van der Waals surface area contributed by atoms with Gasteiger partial charge in [0.25, 0.3) is 17.0 Å². The number of thioether (sulfide) groups is 2. The van der Waals surface area contributed by atoms with Gasteiger partial charge < -0.3 is 30.6 Å². The average Bonchev–Trinajstić information content (AvgIpc) is 3.38. The Labute approximate surface area is 220 Å². The van der Waals surface area contributed by atoms with Crippen LogP contribution in [-0.4, -0.2) is 71.7 Å². The van der Waals surface area contributed by atoms with E-state index in [2.05, 4.69) is 25.7 Å². The second-order valence-corrected chi connectivity index (χ2v) is 9.42. The number of hydrogen-bond acceptors (Lipinski definition) is 14. The van der Waals surface area contributed by atoms with E-state index in [1.165, 1.54) is 17.1 Å². The molecular weight excluding hydrogens is 505 g/mol. The maximum absolute atomic E-state index is 12.7. The summed E-state index contributed by atoms with van der Waals surface area (Å²) in [7, 11) is 0. The third-order valence-electron chi connectivity index (χ3n) is 4.48. The summed E-state index contributed by atoms with van der Waals surface area (Å²) in [6.45, 7) is 1.63. The normalized spacial score (nSPS) is 20.1. The van der Waals surface area contributed by atoms with E-state index < -0.39 is 34.9 Å². The van der Waals surface area contributed by atoms with Gasteiger partial charge in [-0.25, -0.2) is 4.98 Å². The van der Waals surface area contributed by atoms with E-state index in [0.717, 1.165) is 28.0 Å². The van der Waals surface area contributed by atoms with Gasteiger partial charge in [0, 0.05) is 23.8 Å². The molecule has 168 valence electrons. The van der Waals surface area contributed by atoms with Gasteiger partial charge in [-0.2, -0.15) is 0 Å². The summed E-state index contributed by atoms with van der Waals surface area (Å²) in [5.41, 5.74) is 5.40. The number of hydrogen-bond donors (Lipinski definition) is 3. The van der Waals surface area contributed by atoms with Gasteiger partial charge in [-0.15, -0.1) is 33.3 Å². The minimum Gasteiger partial charge on any atom is -0.543 e. The topological polar surface area (TPSA) is 200 Å². The first-order valence-electron chi connectivity index (χ1n) is 8.85. The molecule has 0 radical (unpaired) electrons. The number of thiazole rings is 1. The number of carbonyl (C=O) groups is 3. The van der Waals surface area contributed by atoms with E-state index in [1.54, 1.807) is 6.92 Å². The molecule has 4 heterocycles. The first-order chi connectivity index (χ1) is 15.3. The monoisotopic (exact) mass is 519 g/mol. The molecule has 0 aromatic carbocycles. The van der Waals surface area contributed by atoms with Crippen molar-refractivity contribution in [3.8, 4) is 0 Å². The number of aliphatic carboxylic acids is 1. The molecule has 33 heavy (non-hydrogen) atoms. The molecular formula is C16H14N7NaO6S3. The fourth-order valence-electron chi connectivity index (χ4n) is 3.09. The Bertz CT molecular complexity index is 1170. The maximum atomic E-state index is 12.7. The Morgan fingerprint density at radius 1 is 1.48 bits per heavy atom. The number of aryl methyl sites for hydroxylation is 1. The van der Waals surface area contributed by atoms with Gasteiger partial charge in [0.2, 0.25) is 5.89 Å². The van der Waals surface area contributed by atoms with Gasteiger partial charge in [-0.3, -0.25) is 14.5 Å². The second-order valence-electron chi connectivity index (χ2n) is 6.50. The van der Waals surface area contributed by atoms with Crippen LogP contribution in [-0.2, 0) is 14.4 Å². The average molecular weight is 520 g/mol. The van der Waals surface area contributed by atoms with Crippen LogP contribution in [0.3, 0.4) is 0 Å². The summed E-state index contributed by atoms with van der Waals surface area (Å²) in [5.74, 6) is -2.10. The largest absolute Gasteiger partial charge is 1.00 e. The number of rotatable bonds is 7. The molecule has 0 bridgehead atoms. The van der Waals surface area contributed by atoms with E-state index in [0.29, 0.717) is 11.5 Å². The van der Waals surface area contributed by atoms with Crippen LogP contribution in [0.15, 0.2) is 31.4 Å².